The molecule has 0 saturated heterocycles. The minimum atomic E-state index is 0.678. The molecule has 0 fully saturated rings. The summed E-state index contributed by atoms with van der Waals surface area (Å²) in [5.41, 5.74) is 4.41. The lowest BCUT2D eigenvalue weighted by Crippen LogP contribution is -2.09. The molecule has 2 rings (SSSR count). The fraction of sp³-hybridized carbons (Fsp3) is 0.100. The first kappa shape index (κ1) is 9.24. The molecule has 0 unspecified atom stereocenters. The largest absolute Gasteiger partial charge is 0.308 e. The quantitative estimate of drug-likeness (QED) is 0.558. The van der Waals surface area contributed by atoms with Crippen molar-refractivity contribution in [1.82, 2.24) is 4.98 Å². The third-order valence-corrected chi connectivity index (χ3v) is 2.34. The van der Waals surface area contributed by atoms with Crippen LogP contribution in [-0.2, 0) is 0 Å². The molecule has 2 aromatic rings. The van der Waals surface area contributed by atoms with E-state index in [1.165, 1.54) is 0 Å². The van der Waals surface area contributed by atoms with Gasteiger partial charge in [-0.3, -0.25) is 0 Å². The molecule has 0 aliphatic heterocycles. The van der Waals surface area contributed by atoms with Crippen LogP contribution < -0.4 is 11.3 Å². The summed E-state index contributed by atoms with van der Waals surface area (Å²) in [4.78, 5) is 4.33. The topological polar surface area (TPSA) is 50.9 Å². The molecule has 72 valence electrons. The number of nitrogen functional groups attached to an aromatic ring is 1. The van der Waals surface area contributed by atoms with Gasteiger partial charge < -0.3 is 5.43 Å². The van der Waals surface area contributed by atoms with Gasteiger partial charge in [0.1, 0.15) is 5.82 Å². The van der Waals surface area contributed by atoms with Crippen molar-refractivity contribution in [3.05, 3.63) is 34.9 Å². The Hall–Kier alpha value is -1.32. The van der Waals surface area contributed by atoms with Crippen molar-refractivity contribution in [2.24, 2.45) is 5.84 Å². The highest BCUT2D eigenvalue weighted by Gasteiger charge is 2.01. The summed E-state index contributed by atoms with van der Waals surface area (Å²) in [5.74, 6) is 6.01. The van der Waals surface area contributed by atoms with Crippen molar-refractivity contribution in [1.29, 1.82) is 0 Å². The molecule has 0 spiro atoms. The molecule has 1 aromatic heterocycles. The first-order valence-corrected chi connectivity index (χ1v) is 4.62. The predicted octanol–water partition coefficient (Wildman–Crippen LogP) is 2.48. The number of hydrogen-bond donors (Lipinski definition) is 2. The van der Waals surface area contributed by atoms with E-state index in [9.17, 15) is 0 Å². The van der Waals surface area contributed by atoms with Crippen LogP contribution in [0.3, 0.4) is 0 Å². The number of aryl methyl sites for hydroxylation is 1. The molecule has 0 aliphatic rings. The molecule has 0 bridgehead atoms. The number of pyridine rings is 1. The Labute approximate surface area is 86.9 Å². The van der Waals surface area contributed by atoms with Crippen LogP contribution in [0.15, 0.2) is 24.3 Å². The number of rotatable bonds is 1. The number of hydrogen-bond acceptors (Lipinski definition) is 3. The first-order chi connectivity index (χ1) is 6.70. The third-order valence-electron chi connectivity index (χ3n) is 2.11. The molecule has 1 aromatic carbocycles. The van der Waals surface area contributed by atoms with Gasteiger partial charge in [0.2, 0.25) is 0 Å². The molecule has 4 heteroatoms. The summed E-state index contributed by atoms with van der Waals surface area (Å²) in [7, 11) is 0. The molecule has 14 heavy (non-hydrogen) atoms. The van der Waals surface area contributed by atoms with Gasteiger partial charge in [-0.2, -0.15) is 0 Å². The number of halogens is 1. The maximum absolute atomic E-state index is 5.86. The Morgan fingerprint density at radius 3 is 2.86 bits per heavy atom. The highest BCUT2D eigenvalue weighted by molar-refractivity contribution is 6.31. The highest BCUT2D eigenvalue weighted by atomic mass is 35.5. The normalized spacial score (nSPS) is 10.5. The summed E-state index contributed by atoms with van der Waals surface area (Å²) < 4.78 is 0. The van der Waals surface area contributed by atoms with Crippen LogP contribution in [0.1, 0.15) is 5.56 Å². The number of fused-ring (bicyclic) bond motifs is 1. The Bertz CT molecular complexity index is 482. The van der Waals surface area contributed by atoms with Crippen LogP contribution in [0, 0.1) is 6.92 Å². The highest BCUT2D eigenvalue weighted by Crippen LogP contribution is 2.21. The number of hydrazine groups is 1. The van der Waals surface area contributed by atoms with E-state index in [4.69, 9.17) is 17.4 Å². The average Bonchev–Trinajstić information content (AvgIpc) is 2.17. The summed E-state index contributed by atoms with van der Waals surface area (Å²) in [6.45, 7) is 1.95. The fourth-order valence-corrected chi connectivity index (χ4v) is 1.56. The zero-order valence-electron chi connectivity index (χ0n) is 7.71. The summed E-state index contributed by atoms with van der Waals surface area (Å²) >= 11 is 5.86. The van der Waals surface area contributed by atoms with Gasteiger partial charge in [-0.05, 0) is 30.7 Å². The van der Waals surface area contributed by atoms with Crippen LogP contribution >= 0.6 is 11.6 Å². The second-order valence-electron chi connectivity index (χ2n) is 3.14. The molecule has 0 radical (unpaired) electrons. The van der Waals surface area contributed by atoms with E-state index < -0.39 is 0 Å². The molecular weight excluding hydrogens is 198 g/mol. The van der Waals surface area contributed by atoms with Crippen molar-refractivity contribution >= 4 is 28.3 Å². The molecule has 1 heterocycles. The number of nitrogens with two attached hydrogens (primary N) is 1. The number of anilines is 1. The van der Waals surface area contributed by atoms with Gasteiger partial charge >= 0.3 is 0 Å². The monoisotopic (exact) mass is 207 g/mol. The standard InChI is InChI=1S/C10H10ClN3/c1-6-4-7-2-3-8(11)5-9(7)13-10(6)14-12/h2-5H,12H2,1H3,(H,13,14). The Kier molecular flexibility index (Phi) is 2.27. The molecule has 0 saturated carbocycles. The van der Waals surface area contributed by atoms with Crippen LogP contribution in [0.4, 0.5) is 5.82 Å². The van der Waals surface area contributed by atoms with Crippen LogP contribution in [0.2, 0.25) is 5.02 Å². The third kappa shape index (κ3) is 1.52. The second-order valence-corrected chi connectivity index (χ2v) is 3.57. The Balaban J connectivity index is 2.73. The van der Waals surface area contributed by atoms with Crippen molar-refractivity contribution < 1.29 is 0 Å². The zero-order valence-corrected chi connectivity index (χ0v) is 8.47. The van der Waals surface area contributed by atoms with Gasteiger partial charge in [0, 0.05) is 10.4 Å². The second kappa shape index (κ2) is 3.44. The van der Waals surface area contributed by atoms with E-state index >= 15 is 0 Å². The molecule has 3 nitrogen and oxygen atoms in total. The van der Waals surface area contributed by atoms with Crippen molar-refractivity contribution in [2.45, 2.75) is 6.92 Å². The van der Waals surface area contributed by atoms with Gasteiger partial charge in [-0.15, -0.1) is 0 Å². The molecule has 3 N–H and O–H groups in total. The first-order valence-electron chi connectivity index (χ1n) is 4.24. The molecule has 0 amide bonds. The lowest BCUT2D eigenvalue weighted by molar-refractivity contribution is 1.23. The van der Waals surface area contributed by atoms with Gasteiger partial charge in [0.05, 0.1) is 5.52 Å². The maximum atomic E-state index is 5.86. The SMILES string of the molecule is Cc1cc2ccc(Cl)cc2nc1NN. The van der Waals surface area contributed by atoms with Crippen molar-refractivity contribution in [2.75, 3.05) is 5.43 Å². The van der Waals surface area contributed by atoms with Crippen LogP contribution in [0.25, 0.3) is 10.9 Å². The van der Waals surface area contributed by atoms with E-state index in [-0.39, 0.29) is 0 Å². The lowest BCUT2D eigenvalue weighted by atomic mass is 10.1. The summed E-state index contributed by atoms with van der Waals surface area (Å²) in [6.07, 6.45) is 0. The number of benzene rings is 1. The van der Waals surface area contributed by atoms with Gasteiger partial charge in [0.15, 0.2) is 0 Å². The van der Waals surface area contributed by atoms with Crippen LogP contribution in [0.5, 0.6) is 0 Å². The van der Waals surface area contributed by atoms with Crippen molar-refractivity contribution in [3.8, 4) is 0 Å². The minimum Gasteiger partial charge on any atom is -0.308 e. The number of nitrogens with one attached hydrogen (secondary N) is 1. The molecular formula is C10H10ClN3. The summed E-state index contributed by atoms with van der Waals surface area (Å²) in [6, 6.07) is 7.63. The van der Waals surface area contributed by atoms with Crippen molar-refractivity contribution in [3.63, 3.8) is 0 Å². The summed E-state index contributed by atoms with van der Waals surface area (Å²) in [5, 5.41) is 1.74. The van der Waals surface area contributed by atoms with Gasteiger partial charge in [-0.25, -0.2) is 10.8 Å². The Morgan fingerprint density at radius 1 is 1.36 bits per heavy atom. The lowest BCUT2D eigenvalue weighted by Gasteiger charge is -2.05. The number of nitrogens with zero attached hydrogens (tertiary/aromatic N) is 1. The number of aromatic nitrogens is 1. The van der Waals surface area contributed by atoms with E-state index in [0.717, 1.165) is 16.5 Å². The predicted molar refractivity (Wildman–Crippen MR) is 59.3 cm³/mol. The molecule has 0 atom stereocenters. The fourth-order valence-electron chi connectivity index (χ4n) is 1.39. The minimum absolute atomic E-state index is 0.678. The smallest absolute Gasteiger partial charge is 0.143 e. The zero-order chi connectivity index (χ0) is 10.1. The van der Waals surface area contributed by atoms with E-state index in [1.54, 1.807) is 0 Å². The van der Waals surface area contributed by atoms with E-state index in [0.29, 0.717) is 10.8 Å². The Morgan fingerprint density at radius 2 is 2.14 bits per heavy atom. The van der Waals surface area contributed by atoms with E-state index in [2.05, 4.69) is 10.4 Å². The van der Waals surface area contributed by atoms with Gasteiger partial charge in [0.25, 0.3) is 0 Å². The van der Waals surface area contributed by atoms with Gasteiger partial charge in [-0.1, -0.05) is 17.7 Å². The maximum Gasteiger partial charge on any atom is 0.143 e. The average molecular weight is 208 g/mol. The van der Waals surface area contributed by atoms with E-state index in [1.807, 2.05) is 31.2 Å². The molecule has 0 aliphatic carbocycles. The van der Waals surface area contributed by atoms with Crippen LogP contribution in [-0.4, -0.2) is 4.98 Å².